The first-order valence-corrected chi connectivity index (χ1v) is 10.3. The van der Waals surface area contributed by atoms with Crippen LogP contribution in [0.3, 0.4) is 0 Å². The van der Waals surface area contributed by atoms with Gasteiger partial charge in [0.2, 0.25) is 10.0 Å². The van der Waals surface area contributed by atoms with Gasteiger partial charge in [0.1, 0.15) is 0 Å². The molecular formula is C15H33IN4O3S. The maximum absolute atomic E-state index is 11.9. The first-order valence-electron chi connectivity index (χ1n) is 8.64. The molecule has 144 valence electrons. The summed E-state index contributed by atoms with van der Waals surface area (Å²) in [6.07, 6.45) is 4.35. The number of halogens is 1. The van der Waals surface area contributed by atoms with Gasteiger partial charge in [-0.2, -0.15) is 0 Å². The minimum Gasteiger partial charge on any atom is -0.382 e. The van der Waals surface area contributed by atoms with Crippen LogP contribution in [0.4, 0.5) is 0 Å². The number of aliphatic imine (C=N–C) groups is 1. The van der Waals surface area contributed by atoms with E-state index in [2.05, 4.69) is 20.3 Å². The van der Waals surface area contributed by atoms with Gasteiger partial charge in [-0.05, 0) is 39.0 Å². The van der Waals surface area contributed by atoms with E-state index in [4.69, 9.17) is 4.74 Å². The molecule has 0 aliphatic heterocycles. The molecule has 7 nitrogen and oxygen atoms in total. The van der Waals surface area contributed by atoms with Gasteiger partial charge in [0, 0.05) is 39.4 Å². The molecule has 0 atom stereocenters. The molecule has 1 fully saturated rings. The second-order valence-corrected chi connectivity index (χ2v) is 7.63. The predicted octanol–water partition coefficient (Wildman–Crippen LogP) is 1.31. The molecule has 3 N–H and O–H groups in total. The van der Waals surface area contributed by atoms with E-state index in [0.717, 1.165) is 25.8 Å². The molecule has 0 aromatic heterocycles. The monoisotopic (exact) mass is 476 g/mol. The van der Waals surface area contributed by atoms with Crippen molar-refractivity contribution in [2.24, 2.45) is 10.9 Å². The second kappa shape index (κ2) is 14.1. The molecule has 0 radical (unpaired) electrons. The van der Waals surface area contributed by atoms with Crippen LogP contribution in [-0.4, -0.2) is 59.5 Å². The molecular weight excluding hydrogens is 443 g/mol. The van der Waals surface area contributed by atoms with Crippen molar-refractivity contribution < 1.29 is 13.2 Å². The molecule has 1 saturated carbocycles. The van der Waals surface area contributed by atoms with E-state index in [1.54, 1.807) is 0 Å². The minimum atomic E-state index is -3.21. The molecule has 0 bridgehead atoms. The summed E-state index contributed by atoms with van der Waals surface area (Å²) in [7, 11) is -3.21. The zero-order chi connectivity index (χ0) is 17.0. The smallest absolute Gasteiger partial charge is 0.213 e. The summed E-state index contributed by atoms with van der Waals surface area (Å²) < 4.78 is 31.8. The van der Waals surface area contributed by atoms with Crippen LogP contribution in [0.25, 0.3) is 0 Å². The largest absolute Gasteiger partial charge is 0.382 e. The number of hydrogen-bond donors (Lipinski definition) is 3. The van der Waals surface area contributed by atoms with Crippen molar-refractivity contribution in [3.05, 3.63) is 0 Å². The molecule has 0 unspecified atom stereocenters. The van der Waals surface area contributed by atoms with Crippen LogP contribution in [0.1, 0.15) is 39.5 Å². The highest BCUT2D eigenvalue weighted by atomic mass is 127. The van der Waals surface area contributed by atoms with Gasteiger partial charge in [-0.3, -0.25) is 4.99 Å². The average molecular weight is 476 g/mol. The fraction of sp³-hybridized carbons (Fsp3) is 0.933. The maximum atomic E-state index is 11.9. The molecule has 9 heteroatoms. The normalized spacial score (nSPS) is 15.5. The molecule has 24 heavy (non-hydrogen) atoms. The van der Waals surface area contributed by atoms with Crippen molar-refractivity contribution in [3.8, 4) is 0 Å². The standard InChI is InChI=1S/C15H32N4O3S.HI/c1-3-16-15(17-9-6-11-22-4-2)18-10-12-23(20,21)19-13-14-7-5-8-14;/h14,19H,3-13H2,1-2H3,(H2,16,17,18);1H. The van der Waals surface area contributed by atoms with Gasteiger partial charge < -0.3 is 15.4 Å². The number of ether oxygens (including phenoxy) is 1. The van der Waals surface area contributed by atoms with Crippen LogP contribution in [0, 0.1) is 5.92 Å². The Morgan fingerprint density at radius 3 is 2.58 bits per heavy atom. The fourth-order valence-electron chi connectivity index (χ4n) is 2.16. The summed E-state index contributed by atoms with van der Waals surface area (Å²) >= 11 is 0. The van der Waals surface area contributed by atoms with Crippen LogP contribution in [0.5, 0.6) is 0 Å². The van der Waals surface area contributed by atoms with E-state index >= 15 is 0 Å². The minimum absolute atomic E-state index is 0. The van der Waals surface area contributed by atoms with E-state index in [1.165, 1.54) is 6.42 Å². The third kappa shape index (κ3) is 11.4. The predicted molar refractivity (Wildman–Crippen MR) is 110 cm³/mol. The van der Waals surface area contributed by atoms with Crippen LogP contribution < -0.4 is 15.4 Å². The summed E-state index contributed by atoms with van der Waals surface area (Å²) in [6.45, 7) is 7.67. The highest BCUT2D eigenvalue weighted by Crippen LogP contribution is 2.25. The molecule has 1 rings (SSSR count). The SMILES string of the molecule is CCNC(=NCCCOCC)NCCS(=O)(=O)NCC1CCC1.I. The summed E-state index contributed by atoms with van der Waals surface area (Å²) in [5.74, 6) is 1.24. The lowest BCUT2D eigenvalue weighted by Crippen LogP contribution is -2.42. The van der Waals surface area contributed by atoms with Crippen molar-refractivity contribution in [3.63, 3.8) is 0 Å². The van der Waals surface area contributed by atoms with E-state index in [9.17, 15) is 8.42 Å². The average Bonchev–Trinajstić information content (AvgIpc) is 2.45. The van der Waals surface area contributed by atoms with Crippen LogP contribution in [0.2, 0.25) is 0 Å². The quantitative estimate of drug-likeness (QED) is 0.171. The molecule has 1 aliphatic rings. The number of sulfonamides is 1. The van der Waals surface area contributed by atoms with Crippen molar-refractivity contribution in [2.75, 3.05) is 45.1 Å². The molecule has 0 amide bonds. The lowest BCUT2D eigenvalue weighted by atomic mass is 9.86. The third-order valence-corrected chi connectivity index (χ3v) is 5.09. The Balaban J connectivity index is 0.00000529. The van der Waals surface area contributed by atoms with E-state index in [-0.39, 0.29) is 29.7 Å². The van der Waals surface area contributed by atoms with Crippen LogP contribution in [0.15, 0.2) is 4.99 Å². The van der Waals surface area contributed by atoms with Gasteiger partial charge in [-0.1, -0.05) is 6.42 Å². The first-order chi connectivity index (χ1) is 11.1. The highest BCUT2D eigenvalue weighted by molar-refractivity contribution is 14.0. The molecule has 1 aliphatic carbocycles. The summed E-state index contributed by atoms with van der Waals surface area (Å²) in [4.78, 5) is 4.40. The topological polar surface area (TPSA) is 91.8 Å². The number of nitrogens with zero attached hydrogens (tertiary/aromatic N) is 1. The van der Waals surface area contributed by atoms with Crippen LogP contribution in [-0.2, 0) is 14.8 Å². The number of nitrogens with one attached hydrogen (secondary N) is 3. The molecule has 0 aromatic rings. The van der Waals surface area contributed by atoms with E-state index in [0.29, 0.717) is 44.7 Å². The number of guanidine groups is 1. The second-order valence-electron chi connectivity index (χ2n) is 5.70. The Morgan fingerprint density at radius 2 is 2.00 bits per heavy atom. The Labute approximate surface area is 163 Å². The van der Waals surface area contributed by atoms with Crippen molar-refractivity contribution in [1.29, 1.82) is 0 Å². The number of hydrogen-bond acceptors (Lipinski definition) is 4. The zero-order valence-corrected chi connectivity index (χ0v) is 18.0. The molecule has 0 saturated heterocycles. The summed E-state index contributed by atoms with van der Waals surface area (Å²) in [5.41, 5.74) is 0. The number of rotatable bonds is 12. The zero-order valence-electron chi connectivity index (χ0n) is 14.8. The van der Waals surface area contributed by atoms with E-state index in [1.807, 2.05) is 13.8 Å². The lowest BCUT2D eigenvalue weighted by Gasteiger charge is -2.25. The van der Waals surface area contributed by atoms with Gasteiger partial charge >= 0.3 is 0 Å². The van der Waals surface area contributed by atoms with Crippen molar-refractivity contribution >= 4 is 40.0 Å². The summed E-state index contributed by atoms with van der Waals surface area (Å²) in [6, 6.07) is 0. The molecule has 0 spiro atoms. The van der Waals surface area contributed by atoms with Crippen LogP contribution >= 0.6 is 24.0 Å². The van der Waals surface area contributed by atoms with Gasteiger partial charge in [-0.15, -0.1) is 24.0 Å². The first kappa shape index (κ1) is 23.9. The van der Waals surface area contributed by atoms with Crippen molar-refractivity contribution in [2.45, 2.75) is 39.5 Å². The lowest BCUT2D eigenvalue weighted by molar-refractivity contribution is 0.146. The maximum Gasteiger partial charge on any atom is 0.213 e. The Bertz CT molecular complexity index is 442. The van der Waals surface area contributed by atoms with Gasteiger partial charge in [0.25, 0.3) is 0 Å². The van der Waals surface area contributed by atoms with Gasteiger partial charge in [0.05, 0.1) is 5.75 Å². The van der Waals surface area contributed by atoms with Gasteiger partial charge in [-0.25, -0.2) is 13.1 Å². The molecule has 0 heterocycles. The van der Waals surface area contributed by atoms with E-state index < -0.39 is 10.0 Å². The summed E-state index contributed by atoms with van der Waals surface area (Å²) in [5, 5.41) is 6.17. The van der Waals surface area contributed by atoms with Crippen molar-refractivity contribution in [1.82, 2.24) is 15.4 Å². The Kier molecular flexibility index (Phi) is 14.0. The van der Waals surface area contributed by atoms with Gasteiger partial charge in [0.15, 0.2) is 5.96 Å². The highest BCUT2D eigenvalue weighted by Gasteiger charge is 2.19. The Hall–Kier alpha value is -0.130. The third-order valence-electron chi connectivity index (χ3n) is 3.74. The fourth-order valence-corrected chi connectivity index (χ4v) is 3.17. The Morgan fingerprint density at radius 1 is 1.25 bits per heavy atom. The molecule has 0 aromatic carbocycles.